The van der Waals surface area contributed by atoms with Crippen LogP contribution >= 0.6 is 0 Å². The fraction of sp³-hybridized carbons (Fsp3) is 0.583. The van der Waals surface area contributed by atoms with Crippen LogP contribution in [0.3, 0.4) is 0 Å². The minimum Gasteiger partial charge on any atom is -0.381 e. The van der Waals surface area contributed by atoms with Crippen LogP contribution in [0.15, 0.2) is 36.4 Å². The number of hydrogen-bond acceptors (Lipinski definition) is 5. The molecule has 0 unspecified atom stereocenters. The molecule has 6 heteroatoms. The maximum Gasteiger partial charge on any atom is 0.148 e. The lowest BCUT2D eigenvalue weighted by Crippen LogP contribution is -2.39. The summed E-state index contributed by atoms with van der Waals surface area (Å²) < 4.78 is 18.6. The van der Waals surface area contributed by atoms with Gasteiger partial charge in [-0.1, -0.05) is 0 Å². The third kappa shape index (κ3) is 4.49. The van der Waals surface area contributed by atoms with Gasteiger partial charge in [0.25, 0.3) is 0 Å². The molecule has 1 aliphatic carbocycles. The number of piperidine rings is 1. The molecule has 3 fully saturated rings. The van der Waals surface area contributed by atoms with Gasteiger partial charge in [0.1, 0.15) is 11.6 Å². The highest BCUT2D eigenvalue weighted by atomic mass is 19.1. The standard InChI is InChI=1S/C24H31FN4O/c25-21-3-1-19(2-4-21)22-5-6-23(28-27-22)26-16-20-15-24(20)9-11-29(12-10-24)17-18-7-13-30-14-8-18/h1-6,18,20H,7-17H2,(H,26,28)/t20-/m0/s1. The van der Waals surface area contributed by atoms with Gasteiger partial charge in [-0.3, -0.25) is 0 Å². The van der Waals surface area contributed by atoms with Crippen molar-refractivity contribution in [1.82, 2.24) is 15.1 Å². The quantitative estimate of drug-likeness (QED) is 0.773. The number of anilines is 1. The van der Waals surface area contributed by atoms with E-state index in [9.17, 15) is 4.39 Å². The first-order chi connectivity index (χ1) is 14.7. The predicted octanol–water partition coefficient (Wildman–Crippen LogP) is 4.22. The molecule has 3 heterocycles. The molecule has 1 aromatic carbocycles. The topological polar surface area (TPSA) is 50.3 Å². The first kappa shape index (κ1) is 19.9. The average molecular weight is 411 g/mol. The van der Waals surface area contributed by atoms with Gasteiger partial charge in [-0.15, -0.1) is 10.2 Å². The number of nitrogens with zero attached hydrogens (tertiary/aromatic N) is 3. The van der Waals surface area contributed by atoms with E-state index in [4.69, 9.17) is 4.74 Å². The molecule has 0 amide bonds. The summed E-state index contributed by atoms with van der Waals surface area (Å²) in [7, 11) is 0. The van der Waals surface area contributed by atoms with Crippen molar-refractivity contribution >= 4 is 5.82 Å². The fourth-order valence-corrected chi connectivity index (χ4v) is 5.24. The van der Waals surface area contributed by atoms with Crippen LogP contribution < -0.4 is 5.32 Å². The third-order valence-corrected chi connectivity index (χ3v) is 7.40. The third-order valence-electron chi connectivity index (χ3n) is 7.40. The molecule has 2 aromatic rings. The number of likely N-dealkylation sites (tertiary alicyclic amines) is 1. The van der Waals surface area contributed by atoms with Gasteiger partial charge in [-0.2, -0.15) is 0 Å². The lowest BCUT2D eigenvalue weighted by atomic mass is 9.89. The summed E-state index contributed by atoms with van der Waals surface area (Å²) in [6.45, 7) is 6.64. The number of aromatic nitrogens is 2. The van der Waals surface area contributed by atoms with Gasteiger partial charge in [-0.05, 0) is 98.8 Å². The van der Waals surface area contributed by atoms with Crippen LogP contribution in [0.1, 0.15) is 32.1 Å². The normalized spacial score (nSPS) is 24.1. The molecule has 1 N–H and O–H groups in total. The molecule has 3 aliphatic rings. The summed E-state index contributed by atoms with van der Waals surface area (Å²) in [5.74, 6) is 2.17. The molecular weight excluding hydrogens is 379 g/mol. The zero-order valence-electron chi connectivity index (χ0n) is 17.5. The van der Waals surface area contributed by atoms with Gasteiger partial charge in [0, 0.05) is 31.9 Å². The summed E-state index contributed by atoms with van der Waals surface area (Å²) in [5.41, 5.74) is 2.20. The minimum atomic E-state index is -0.238. The van der Waals surface area contributed by atoms with E-state index < -0.39 is 0 Å². The first-order valence-electron chi connectivity index (χ1n) is 11.3. The predicted molar refractivity (Wildman–Crippen MR) is 116 cm³/mol. The Morgan fingerprint density at radius 1 is 1.03 bits per heavy atom. The van der Waals surface area contributed by atoms with Crippen LogP contribution in [-0.2, 0) is 4.74 Å². The molecule has 160 valence electrons. The van der Waals surface area contributed by atoms with Crippen molar-refractivity contribution in [3.8, 4) is 11.3 Å². The number of ether oxygens (including phenoxy) is 1. The van der Waals surface area contributed by atoms with Crippen molar-refractivity contribution in [2.75, 3.05) is 44.7 Å². The van der Waals surface area contributed by atoms with Gasteiger partial charge in [-0.25, -0.2) is 4.39 Å². The highest BCUT2D eigenvalue weighted by Crippen LogP contribution is 2.59. The second-order valence-electron chi connectivity index (χ2n) is 9.31. The van der Waals surface area contributed by atoms with E-state index in [1.54, 1.807) is 12.1 Å². The van der Waals surface area contributed by atoms with Crippen LogP contribution in [0.25, 0.3) is 11.3 Å². The minimum absolute atomic E-state index is 0.238. The fourth-order valence-electron chi connectivity index (χ4n) is 5.24. The zero-order chi connectivity index (χ0) is 20.4. The molecule has 0 bridgehead atoms. The number of benzene rings is 1. The van der Waals surface area contributed by atoms with E-state index >= 15 is 0 Å². The molecule has 0 radical (unpaired) electrons. The van der Waals surface area contributed by atoms with Crippen LogP contribution in [0.4, 0.5) is 10.2 Å². The monoisotopic (exact) mass is 410 g/mol. The smallest absolute Gasteiger partial charge is 0.148 e. The Morgan fingerprint density at radius 2 is 1.80 bits per heavy atom. The lowest BCUT2D eigenvalue weighted by molar-refractivity contribution is 0.0449. The second kappa shape index (κ2) is 8.60. The Hall–Kier alpha value is -2.05. The van der Waals surface area contributed by atoms with Crippen LogP contribution in [0.5, 0.6) is 0 Å². The van der Waals surface area contributed by atoms with E-state index in [0.717, 1.165) is 48.7 Å². The van der Waals surface area contributed by atoms with Crippen molar-refractivity contribution in [3.05, 3.63) is 42.2 Å². The Labute approximate surface area is 178 Å². The molecule has 1 spiro atoms. The number of nitrogens with one attached hydrogen (secondary N) is 1. The summed E-state index contributed by atoms with van der Waals surface area (Å²) in [4.78, 5) is 2.68. The Bertz CT molecular complexity index is 827. The van der Waals surface area contributed by atoms with Gasteiger partial charge in [0.2, 0.25) is 0 Å². The average Bonchev–Trinajstić information content (AvgIpc) is 3.47. The molecule has 5 nitrogen and oxygen atoms in total. The Morgan fingerprint density at radius 3 is 2.50 bits per heavy atom. The van der Waals surface area contributed by atoms with E-state index in [2.05, 4.69) is 20.4 Å². The number of rotatable bonds is 6. The molecule has 5 rings (SSSR count). The number of hydrogen-bond donors (Lipinski definition) is 1. The van der Waals surface area contributed by atoms with Gasteiger partial charge in [0.05, 0.1) is 5.69 Å². The molecule has 2 aliphatic heterocycles. The van der Waals surface area contributed by atoms with E-state index in [1.807, 2.05) is 12.1 Å². The van der Waals surface area contributed by atoms with Gasteiger partial charge < -0.3 is 15.0 Å². The highest BCUT2D eigenvalue weighted by molar-refractivity contribution is 5.59. The van der Waals surface area contributed by atoms with E-state index in [0.29, 0.717) is 5.41 Å². The largest absolute Gasteiger partial charge is 0.381 e. The van der Waals surface area contributed by atoms with Crippen molar-refractivity contribution in [3.63, 3.8) is 0 Å². The van der Waals surface area contributed by atoms with Crippen LogP contribution in [-0.4, -0.2) is 54.5 Å². The zero-order valence-corrected chi connectivity index (χ0v) is 17.5. The number of halogens is 1. The molecule has 2 saturated heterocycles. The maximum atomic E-state index is 13.1. The van der Waals surface area contributed by atoms with Crippen LogP contribution in [0, 0.1) is 23.1 Å². The summed E-state index contributed by atoms with van der Waals surface area (Å²) in [6.07, 6.45) is 6.46. The Kier molecular flexibility index (Phi) is 5.70. The maximum absolute atomic E-state index is 13.1. The van der Waals surface area contributed by atoms with Crippen molar-refractivity contribution in [2.24, 2.45) is 17.3 Å². The SMILES string of the molecule is Fc1ccc(-c2ccc(NC[C@@H]3CC34CCN(CC3CCOCC3)CC4)nn2)cc1. The second-order valence-corrected chi connectivity index (χ2v) is 9.31. The molecular formula is C24H31FN4O. The lowest BCUT2D eigenvalue weighted by Gasteiger charge is -2.36. The summed E-state index contributed by atoms with van der Waals surface area (Å²) >= 11 is 0. The highest BCUT2D eigenvalue weighted by Gasteiger charge is 2.54. The first-order valence-corrected chi connectivity index (χ1v) is 11.3. The van der Waals surface area contributed by atoms with Gasteiger partial charge in [0.15, 0.2) is 0 Å². The van der Waals surface area contributed by atoms with Gasteiger partial charge >= 0.3 is 0 Å². The van der Waals surface area contributed by atoms with E-state index in [1.165, 1.54) is 63.9 Å². The Balaban J connectivity index is 1.07. The van der Waals surface area contributed by atoms with E-state index in [-0.39, 0.29) is 5.82 Å². The summed E-state index contributed by atoms with van der Waals surface area (Å²) in [6, 6.07) is 10.3. The van der Waals surface area contributed by atoms with Crippen molar-refractivity contribution in [1.29, 1.82) is 0 Å². The molecule has 30 heavy (non-hydrogen) atoms. The summed E-state index contributed by atoms with van der Waals surface area (Å²) in [5, 5.41) is 12.1. The molecule has 1 aromatic heterocycles. The molecule has 1 atom stereocenters. The van der Waals surface area contributed by atoms with Crippen molar-refractivity contribution in [2.45, 2.75) is 32.1 Å². The van der Waals surface area contributed by atoms with Crippen molar-refractivity contribution < 1.29 is 9.13 Å². The van der Waals surface area contributed by atoms with Crippen LogP contribution in [0.2, 0.25) is 0 Å². The molecule has 1 saturated carbocycles.